The van der Waals surface area contributed by atoms with E-state index in [2.05, 4.69) is 15.4 Å². The summed E-state index contributed by atoms with van der Waals surface area (Å²) in [7, 11) is 0. The van der Waals surface area contributed by atoms with Gasteiger partial charge in [0.05, 0.1) is 12.8 Å². The molecule has 0 aromatic carbocycles. The molecule has 13 heavy (non-hydrogen) atoms. The normalized spacial score (nSPS) is 9.77. The number of halogens is 1. The van der Waals surface area contributed by atoms with Gasteiger partial charge in [0.25, 0.3) is 5.88 Å². The molecule has 0 aliphatic carbocycles. The van der Waals surface area contributed by atoms with Crippen molar-refractivity contribution in [1.29, 1.82) is 0 Å². The summed E-state index contributed by atoms with van der Waals surface area (Å²) < 4.78 is 17.6. The van der Waals surface area contributed by atoms with E-state index >= 15 is 0 Å². The fourth-order valence-electron chi connectivity index (χ4n) is 0.665. The molecule has 1 aromatic rings. The first-order valence-corrected chi connectivity index (χ1v) is 3.50. The topological polar surface area (TPSA) is 93.3 Å². The summed E-state index contributed by atoms with van der Waals surface area (Å²) in [5.74, 6) is 4.11. The maximum absolute atomic E-state index is 12.8. The third-order valence-electron chi connectivity index (χ3n) is 1.17. The van der Waals surface area contributed by atoms with E-state index in [-0.39, 0.29) is 25.0 Å². The number of ether oxygens (including phenoxy) is 1. The molecule has 4 N–H and O–H groups in total. The molecule has 1 heterocycles. The monoisotopic (exact) mass is 188 g/mol. The van der Waals surface area contributed by atoms with Crippen molar-refractivity contribution in [3.05, 3.63) is 12.0 Å². The SMILES string of the molecule is NNc1ncc(F)c(OCCO)n1. The smallest absolute Gasteiger partial charge is 0.255 e. The molecule has 0 spiro atoms. The van der Waals surface area contributed by atoms with Crippen LogP contribution in [-0.4, -0.2) is 28.3 Å². The highest BCUT2D eigenvalue weighted by molar-refractivity contribution is 5.26. The van der Waals surface area contributed by atoms with Gasteiger partial charge in [-0.2, -0.15) is 9.37 Å². The van der Waals surface area contributed by atoms with Crippen LogP contribution in [0.25, 0.3) is 0 Å². The Bertz CT molecular complexity index is 283. The van der Waals surface area contributed by atoms with Crippen LogP contribution in [-0.2, 0) is 0 Å². The lowest BCUT2D eigenvalue weighted by atomic mass is 10.6. The quantitative estimate of drug-likeness (QED) is 0.426. The standard InChI is InChI=1S/C6H9FN4O2/c7-4-3-9-6(11-8)10-5(4)13-2-1-12/h3,12H,1-2,8H2,(H,9,10,11). The van der Waals surface area contributed by atoms with Gasteiger partial charge < -0.3 is 9.84 Å². The molecule has 0 saturated carbocycles. The van der Waals surface area contributed by atoms with E-state index in [0.717, 1.165) is 6.20 Å². The van der Waals surface area contributed by atoms with Crippen LogP contribution in [0.1, 0.15) is 0 Å². The maximum atomic E-state index is 12.8. The number of aromatic nitrogens is 2. The van der Waals surface area contributed by atoms with Gasteiger partial charge in [-0.05, 0) is 0 Å². The summed E-state index contributed by atoms with van der Waals surface area (Å²) >= 11 is 0. The van der Waals surface area contributed by atoms with Crippen LogP contribution in [0.5, 0.6) is 5.88 Å². The van der Waals surface area contributed by atoms with E-state index in [1.54, 1.807) is 0 Å². The van der Waals surface area contributed by atoms with E-state index in [0.29, 0.717) is 0 Å². The van der Waals surface area contributed by atoms with Crippen molar-refractivity contribution in [1.82, 2.24) is 9.97 Å². The Balaban J connectivity index is 2.78. The highest BCUT2D eigenvalue weighted by Gasteiger charge is 2.06. The molecule has 0 aliphatic heterocycles. The minimum Gasteiger partial charge on any atom is -0.473 e. The third kappa shape index (κ3) is 2.49. The van der Waals surface area contributed by atoms with Crippen LogP contribution < -0.4 is 16.0 Å². The van der Waals surface area contributed by atoms with E-state index in [9.17, 15) is 4.39 Å². The zero-order valence-electron chi connectivity index (χ0n) is 6.70. The Labute approximate surface area is 73.5 Å². The zero-order valence-corrected chi connectivity index (χ0v) is 6.70. The first kappa shape index (κ1) is 9.62. The second-order valence-corrected chi connectivity index (χ2v) is 2.06. The van der Waals surface area contributed by atoms with Crippen molar-refractivity contribution in [3.63, 3.8) is 0 Å². The fourth-order valence-corrected chi connectivity index (χ4v) is 0.665. The van der Waals surface area contributed by atoms with Gasteiger partial charge in [-0.15, -0.1) is 0 Å². The summed E-state index contributed by atoms with van der Waals surface area (Å²) in [6, 6.07) is 0. The van der Waals surface area contributed by atoms with Crippen molar-refractivity contribution >= 4 is 5.95 Å². The molecule has 0 radical (unpaired) electrons. The zero-order chi connectivity index (χ0) is 9.68. The molecular weight excluding hydrogens is 179 g/mol. The number of aliphatic hydroxyl groups is 1. The van der Waals surface area contributed by atoms with Crippen molar-refractivity contribution in [3.8, 4) is 5.88 Å². The fraction of sp³-hybridized carbons (Fsp3) is 0.333. The van der Waals surface area contributed by atoms with Crippen LogP contribution in [0.2, 0.25) is 0 Å². The summed E-state index contributed by atoms with van der Waals surface area (Å²) in [5.41, 5.74) is 2.14. The Morgan fingerprint density at radius 2 is 2.46 bits per heavy atom. The van der Waals surface area contributed by atoms with Gasteiger partial charge in [-0.1, -0.05) is 0 Å². The molecule has 6 nitrogen and oxygen atoms in total. The number of hydrazine groups is 1. The average Bonchev–Trinajstić information content (AvgIpc) is 2.17. The van der Waals surface area contributed by atoms with E-state index in [4.69, 9.17) is 15.7 Å². The number of hydrogen-bond acceptors (Lipinski definition) is 6. The molecule has 0 unspecified atom stereocenters. The Hall–Kier alpha value is -1.47. The Kier molecular flexibility index (Phi) is 3.35. The second-order valence-electron chi connectivity index (χ2n) is 2.06. The molecule has 0 atom stereocenters. The van der Waals surface area contributed by atoms with Gasteiger partial charge in [0, 0.05) is 0 Å². The number of nitrogens with zero attached hydrogens (tertiary/aromatic N) is 2. The van der Waals surface area contributed by atoms with Gasteiger partial charge in [-0.3, -0.25) is 5.43 Å². The molecule has 7 heteroatoms. The Morgan fingerprint density at radius 1 is 1.69 bits per heavy atom. The molecule has 0 bridgehead atoms. The number of anilines is 1. The first-order chi connectivity index (χ1) is 6.27. The van der Waals surface area contributed by atoms with Crippen LogP contribution in [0.4, 0.5) is 10.3 Å². The van der Waals surface area contributed by atoms with E-state index < -0.39 is 5.82 Å². The van der Waals surface area contributed by atoms with Gasteiger partial charge in [0.1, 0.15) is 6.61 Å². The summed E-state index contributed by atoms with van der Waals surface area (Å²) in [6.45, 7) is -0.243. The lowest BCUT2D eigenvalue weighted by molar-refractivity contribution is 0.191. The van der Waals surface area contributed by atoms with Crippen molar-refractivity contribution in [2.45, 2.75) is 0 Å². The number of nitrogen functional groups attached to an aromatic ring is 1. The van der Waals surface area contributed by atoms with Crippen LogP contribution in [0, 0.1) is 5.82 Å². The van der Waals surface area contributed by atoms with Gasteiger partial charge in [0.2, 0.25) is 11.8 Å². The van der Waals surface area contributed by atoms with Crippen LogP contribution >= 0.6 is 0 Å². The second kappa shape index (κ2) is 4.53. The van der Waals surface area contributed by atoms with Crippen molar-refractivity contribution in [2.24, 2.45) is 5.84 Å². The molecular formula is C6H9FN4O2. The molecule has 1 rings (SSSR count). The first-order valence-electron chi connectivity index (χ1n) is 3.50. The maximum Gasteiger partial charge on any atom is 0.255 e. The highest BCUT2D eigenvalue weighted by atomic mass is 19.1. The van der Waals surface area contributed by atoms with Crippen molar-refractivity contribution in [2.75, 3.05) is 18.6 Å². The predicted molar refractivity (Wildman–Crippen MR) is 42.4 cm³/mol. The number of hydrogen-bond donors (Lipinski definition) is 3. The Morgan fingerprint density at radius 3 is 3.08 bits per heavy atom. The summed E-state index contributed by atoms with van der Waals surface area (Å²) in [6.07, 6.45) is 0.925. The number of nitrogens with one attached hydrogen (secondary N) is 1. The van der Waals surface area contributed by atoms with E-state index in [1.807, 2.05) is 0 Å². The summed E-state index contributed by atoms with van der Waals surface area (Å²) in [4.78, 5) is 7.07. The lowest BCUT2D eigenvalue weighted by Gasteiger charge is -2.04. The van der Waals surface area contributed by atoms with E-state index in [1.165, 1.54) is 0 Å². The predicted octanol–water partition coefficient (Wildman–Crippen LogP) is -0.728. The average molecular weight is 188 g/mol. The molecule has 1 aromatic heterocycles. The number of rotatable bonds is 4. The largest absolute Gasteiger partial charge is 0.473 e. The third-order valence-corrected chi connectivity index (χ3v) is 1.17. The molecule has 0 amide bonds. The number of aliphatic hydroxyl groups excluding tert-OH is 1. The summed E-state index contributed by atoms with van der Waals surface area (Å²) in [5, 5.41) is 8.41. The lowest BCUT2D eigenvalue weighted by Crippen LogP contribution is -2.12. The minimum absolute atomic E-state index is 0.0298. The molecule has 0 aliphatic rings. The van der Waals surface area contributed by atoms with Crippen molar-refractivity contribution < 1.29 is 14.2 Å². The van der Waals surface area contributed by atoms with Gasteiger partial charge in [0.15, 0.2) is 0 Å². The number of nitrogens with two attached hydrogens (primary N) is 1. The molecule has 72 valence electrons. The van der Waals surface area contributed by atoms with Crippen LogP contribution in [0.15, 0.2) is 6.20 Å². The molecule has 0 saturated heterocycles. The van der Waals surface area contributed by atoms with Gasteiger partial charge >= 0.3 is 0 Å². The van der Waals surface area contributed by atoms with Crippen LogP contribution in [0.3, 0.4) is 0 Å². The minimum atomic E-state index is -0.701. The molecule has 0 fully saturated rings. The highest BCUT2D eigenvalue weighted by Crippen LogP contribution is 2.13. The van der Waals surface area contributed by atoms with Gasteiger partial charge in [-0.25, -0.2) is 10.8 Å².